The van der Waals surface area contributed by atoms with Gasteiger partial charge in [0, 0.05) is 16.5 Å². The minimum absolute atomic E-state index is 0.311. The zero-order valence-electron chi connectivity index (χ0n) is 17.8. The molecule has 0 saturated heterocycles. The average Bonchev–Trinajstić information content (AvgIpc) is 3.35. The molecule has 0 radical (unpaired) electrons. The lowest BCUT2D eigenvalue weighted by atomic mass is 9.94. The van der Waals surface area contributed by atoms with Crippen LogP contribution in [0.15, 0.2) is 82.4 Å². The van der Waals surface area contributed by atoms with E-state index in [9.17, 15) is 4.79 Å². The molecule has 32 heavy (non-hydrogen) atoms. The number of carbonyl (C=O) groups excluding carboxylic acids is 1. The van der Waals surface area contributed by atoms with Gasteiger partial charge in [0.25, 0.3) is 0 Å². The SMILES string of the molecule is CCOC(=O)C1=C(C)Nc2nc3ccccc3n2[C@H]1c1ccc2oc3ccccc3c2c1. The Balaban J connectivity index is 1.64. The smallest absolute Gasteiger partial charge is 0.338 e. The third-order valence-corrected chi connectivity index (χ3v) is 6.04. The molecule has 3 aromatic carbocycles. The monoisotopic (exact) mass is 423 g/mol. The largest absolute Gasteiger partial charge is 0.463 e. The summed E-state index contributed by atoms with van der Waals surface area (Å²) >= 11 is 0. The fraction of sp³-hybridized carbons (Fsp3) is 0.154. The van der Waals surface area contributed by atoms with Gasteiger partial charge >= 0.3 is 5.97 Å². The fourth-order valence-electron chi connectivity index (χ4n) is 4.67. The van der Waals surface area contributed by atoms with Crippen LogP contribution in [0, 0.1) is 0 Å². The van der Waals surface area contributed by atoms with Gasteiger partial charge in [-0.25, -0.2) is 9.78 Å². The summed E-state index contributed by atoms with van der Waals surface area (Å²) in [5, 5.41) is 5.38. The van der Waals surface area contributed by atoms with Crippen molar-refractivity contribution in [3.8, 4) is 0 Å². The van der Waals surface area contributed by atoms with Crippen LogP contribution in [0.5, 0.6) is 0 Å². The Labute approximate surface area is 184 Å². The van der Waals surface area contributed by atoms with Gasteiger partial charge in [-0.2, -0.15) is 0 Å². The molecule has 0 bridgehead atoms. The lowest BCUT2D eigenvalue weighted by molar-refractivity contribution is -0.139. The number of esters is 1. The van der Waals surface area contributed by atoms with Gasteiger partial charge in [0.2, 0.25) is 5.95 Å². The molecular weight excluding hydrogens is 402 g/mol. The highest BCUT2D eigenvalue weighted by Crippen LogP contribution is 2.41. The average molecular weight is 423 g/mol. The minimum atomic E-state index is -0.379. The van der Waals surface area contributed by atoms with Gasteiger partial charge < -0.3 is 14.5 Å². The molecule has 1 aliphatic heterocycles. The molecule has 6 heteroatoms. The predicted molar refractivity (Wildman–Crippen MR) is 125 cm³/mol. The number of allylic oxidation sites excluding steroid dienone is 1. The van der Waals surface area contributed by atoms with Crippen molar-refractivity contribution in [2.75, 3.05) is 11.9 Å². The van der Waals surface area contributed by atoms with Crippen LogP contribution in [0.4, 0.5) is 5.95 Å². The number of furan rings is 1. The number of nitrogens with one attached hydrogen (secondary N) is 1. The number of benzene rings is 3. The number of anilines is 1. The maximum Gasteiger partial charge on any atom is 0.338 e. The Morgan fingerprint density at radius 3 is 2.72 bits per heavy atom. The number of nitrogens with zero attached hydrogens (tertiary/aromatic N) is 2. The molecule has 6 nitrogen and oxygen atoms in total. The highest BCUT2D eigenvalue weighted by molar-refractivity contribution is 6.05. The molecule has 158 valence electrons. The Bertz CT molecular complexity index is 1560. The van der Waals surface area contributed by atoms with Gasteiger partial charge in [0.15, 0.2) is 0 Å². The summed E-state index contributed by atoms with van der Waals surface area (Å²) in [6.45, 7) is 4.03. The summed E-state index contributed by atoms with van der Waals surface area (Å²) in [5.41, 5.74) is 5.77. The first kappa shape index (κ1) is 18.7. The molecule has 0 fully saturated rings. The van der Waals surface area contributed by atoms with E-state index in [1.807, 2.05) is 68.4 Å². The van der Waals surface area contributed by atoms with Crippen molar-refractivity contribution >= 4 is 44.9 Å². The van der Waals surface area contributed by atoms with Gasteiger partial charge in [-0.1, -0.05) is 36.4 Å². The molecule has 0 unspecified atom stereocenters. The molecule has 6 rings (SSSR count). The van der Waals surface area contributed by atoms with Crippen molar-refractivity contribution in [3.05, 3.63) is 83.6 Å². The Kier molecular flexibility index (Phi) is 4.08. The van der Waals surface area contributed by atoms with E-state index in [0.717, 1.165) is 44.2 Å². The highest BCUT2D eigenvalue weighted by Gasteiger charge is 2.35. The van der Waals surface area contributed by atoms with Gasteiger partial charge in [-0.05, 0) is 49.7 Å². The molecule has 1 atom stereocenters. The minimum Gasteiger partial charge on any atom is -0.463 e. The highest BCUT2D eigenvalue weighted by atomic mass is 16.5. The number of carbonyl (C=O) groups is 1. The van der Waals surface area contributed by atoms with Crippen LogP contribution in [0.3, 0.4) is 0 Å². The van der Waals surface area contributed by atoms with Crippen molar-refractivity contribution < 1.29 is 13.9 Å². The molecule has 1 aliphatic rings. The first-order chi connectivity index (χ1) is 15.7. The maximum absolute atomic E-state index is 13.1. The molecule has 0 spiro atoms. The molecule has 5 aromatic rings. The van der Waals surface area contributed by atoms with Crippen molar-refractivity contribution in [1.82, 2.24) is 9.55 Å². The van der Waals surface area contributed by atoms with E-state index in [2.05, 4.69) is 22.0 Å². The number of para-hydroxylation sites is 3. The molecule has 0 aliphatic carbocycles. The summed E-state index contributed by atoms with van der Waals surface area (Å²) < 4.78 is 13.6. The molecule has 3 heterocycles. The number of imidazole rings is 1. The van der Waals surface area contributed by atoms with Crippen LogP contribution >= 0.6 is 0 Å². The van der Waals surface area contributed by atoms with Crippen molar-refractivity contribution in [1.29, 1.82) is 0 Å². The van der Waals surface area contributed by atoms with Crippen molar-refractivity contribution in [2.24, 2.45) is 0 Å². The van der Waals surface area contributed by atoms with E-state index < -0.39 is 0 Å². The molecule has 0 saturated carbocycles. The van der Waals surface area contributed by atoms with E-state index in [4.69, 9.17) is 14.1 Å². The normalized spacial score (nSPS) is 15.9. The van der Waals surface area contributed by atoms with Gasteiger partial charge in [-0.3, -0.25) is 4.57 Å². The van der Waals surface area contributed by atoms with E-state index in [-0.39, 0.29) is 12.0 Å². The van der Waals surface area contributed by atoms with E-state index in [1.54, 1.807) is 0 Å². The number of hydrogen-bond acceptors (Lipinski definition) is 5. The fourth-order valence-corrected chi connectivity index (χ4v) is 4.67. The first-order valence-electron chi connectivity index (χ1n) is 10.7. The summed E-state index contributed by atoms with van der Waals surface area (Å²) in [6.07, 6.45) is 0. The third-order valence-electron chi connectivity index (χ3n) is 6.04. The second-order valence-corrected chi connectivity index (χ2v) is 7.93. The van der Waals surface area contributed by atoms with Gasteiger partial charge in [0.1, 0.15) is 11.2 Å². The lowest BCUT2D eigenvalue weighted by Crippen LogP contribution is -2.29. The number of aromatic nitrogens is 2. The van der Waals surface area contributed by atoms with Crippen LogP contribution in [0.25, 0.3) is 33.0 Å². The zero-order chi connectivity index (χ0) is 21.8. The summed E-state index contributed by atoms with van der Waals surface area (Å²) in [7, 11) is 0. The Morgan fingerprint density at radius 1 is 1.06 bits per heavy atom. The van der Waals surface area contributed by atoms with E-state index in [0.29, 0.717) is 18.1 Å². The quantitative estimate of drug-likeness (QED) is 0.372. The topological polar surface area (TPSA) is 69.3 Å². The van der Waals surface area contributed by atoms with E-state index in [1.165, 1.54) is 0 Å². The van der Waals surface area contributed by atoms with Crippen LogP contribution in [0.1, 0.15) is 25.5 Å². The van der Waals surface area contributed by atoms with Gasteiger partial charge in [-0.15, -0.1) is 0 Å². The number of fused-ring (bicyclic) bond motifs is 6. The van der Waals surface area contributed by atoms with Crippen molar-refractivity contribution in [2.45, 2.75) is 19.9 Å². The number of ether oxygens (including phenoxy) is 1. The van der Waals surface area contributed by atoms with Gasteiger partial charge in [0.05, 0.1) is 29.3 Å². The number of hydrogen-bond donors (Lipinski definition) is 1. The van der Waals surface area contributed by atoms with Crippen LogP contribution in [-0.2, 0) is 9.53 Å². The molecule has 2 aromatic heterocycles. The standard InChI is InChI=1S/C26H21N3O3/c1-3-31-25(30)23-15(2)27-26-28-19-9-5-6-10-20(19)29(26)24(23)16-12-13-22-18(14-16)17-8-4-7-11-21(17)32-22/h4-14,24H,3H2,1-2H3,(H,27,28)/t24-/m0/s1. The van der Waals surface area contributed by atoms with Crippen LogP contribution < -0.4 is 5.32 Å². The zero-order valence-corrected chi connectivity index (χ0v) is 17.8. The second-order valence-electron chi connectivity index (χ2n) is 7.93. The lowest BCUT2D eigenvalue weighted by Gasteiger charge is -2.30. The molecule has 0 amide bonds. The summed E-state index contributed by atoms with van der Waals surface area (Å²) in [4.78, 5) is 17.9. The first-order valence-corrected chi connectivity index (χ1v) is 10.7. The van der Waals surface area contributed by atoms with E-state index >= 15 is 0 Å². The molecule has 1 N–H and O–H groups in total. The summed E-state index contributed by atoms with van der Waals surface area (Å²) in [6, 6.07) is 21.7. The Morgan fingerprint density at radius 2 is 1.84 bits per heavy atom. The van der Waals surface area contributed by atoms with Crippen LogP contribution in [0.2, 0.25) is 0 Å². The summed E-state index contributed by atoms with van der Waals surface area (Å²) in [5.74, 6) is 0.377. The Hall–Kier alpha value is -4.06. The van der Waals surface area contributed by atoms with Crippen molar-refractivity contribution in [3.63, 3.8) is 0 Å². The number of rotatable bonds is 3. The third kappa shape index (κ3) is 2.66. The van der Waals surface area contributed by atoms with Crippen LogP contribution in [-0.4, -0.2) is 22.1 Å². The second kappa shape index (κ2) is 6.99. The molecular formula is C26H21N3O3. The maximum atomic E-state index is 13.1. The predicted octanol–water partition coefficient (Wildman–Crippen LogP) is 5.79.